The van der Waals surface area contributed by atoms with E-state index in [1.54, 1.807) is 39.6 Å². The van der Waals surface area contributed by atoms with Gasteiger partial charge in [0.1, 0.15) is 18.2 Å². The van der Waals surface area contributed by atoms with Crippen LogP contribution in [-0.4, -0.2) is 70.1 Å². The summed E-state index contributed by atoms with van der Waals surface area (Å²) >= 11 is 0. The minimum atomic E-state index is -0.969. The summed E-state index contributed by atoms with van der Waals surface area (Å²) < 4.78 is 0. The average molecular weight is 249 g/mol. The van der Waals surface area contributed by atoms with Crippen LogP contribution in [-0.2, 0) is 0 Å². The van der Waals surface area contributed by atoms with Crippen LogP contribution in [0.1, 0.15) is 27.7 Å². The van der Waals surface area contributed by atoms with Crippen LogP contribution in [0.25, 0.3) is 0 Å². The molecule has 0 fully saturated rings. The molecule has 0 aromatic rings. The van der Waals surface area contributed by atoms with Crippen molar-refractivity contribution in [3.8, 4) is 0 Å². The van der Waals surface area contributed by atoms with Gasteiger partial charge in [-0.25, -0.2) is 0 Å². The van der Waals surface area contributed by atoms with Crippen LogP contribution in [0.15, 0.2) is 0 Å². The van der Waals surface area contributed by atoms with E-state index >= 15 is 0 Å². The first-order valence-corrected chi connectivity index (χ1v) is 5.91. The molecule has 0 aromatic carbocycles. The van der Waals surface area contributed by atoms with Crippen LogP contribution in [0.5, 0.6) is 0 Å². The third-order valence-electron chi connectivity index (χ3n) is 2.63. The maximum absolute atomic E-state index is 10.0. The number of nitrogens with one attached hydrogen (secondary N) is 1. The van der Waals surface area contributed by atoms with Crippen molar-refractivity contribution in [2.45, 2.75) is 45.9 Å². The van der Waals surface area contributed by atoms with E-state index < -0.39 is 18.2 Å². The highest BCUT2D eigenvalue weighted by atomic mass is 16.3. The molecule has 0 radical (unpaired) electrons. The molecule has 0 saturated carbocycles. The lowest BCUT2D eigenvalue weighted by molar-refractivity contribution is -0.117. The fourth-order valence-corrected chi connectivity index (χ4v) is 1.31. The zero-order chi connectivity index (χ0) is 13.6. The van der Waals surface area contributed by atoms with Gasteiger partial charge in [0.2, 0.25) is 0 Å². The summed E-state index contributed by atoms with van der Waals surface area (Å²) in [6.45, 7) is 8.31. The van der Waals surface area contributed by atoms with E-state index in [-0.39, 0.29) is 0 Å². The summed E-state index contributed by atoms with van der Waals surface area (Å²) in [6, 6.07) is 0. The number of hydrogen-bond donors (Lipinski definition) is 4. The van der Waals surface area contributed by atoms with Gasteiger partial charge < -0.3 is 15.3 Å². The van der Waals surface area contributed by atoms with Gasteiger partial charge in [-0.3, -0.25) is 15.1 Å². The quantitative estimate of drug-likeness (QED) is 0.421. The molecule has 0 amide bonds. The van der Waals surface area contributed by atoms with Gasteiger partial charge >= 0.3 is 0 Å². The van der Waals surface area contributed by atoms with Gasteiger partial charge in [-0.1, -0.05) is 0 Å². The Balaban J connectivity index is 4.26. The minimum absolute atomic E-state index is 0.447. The third kappa shape index (κ3) is 7.64. The Morgan fingerprint density at radius 2 is 1.76 bits per heavy atom. The fraction of sp³-hybridized carbons (Fsp3) is 1.00. The molecule has 0 aromatic heterocycles. The molecule has 2 unspecified atom stereocenters. The topological polar surface area (TPSA) is 79.2 Å². The van der Waals surface area contributed by atoms with E-state index in [1.165, 1.54) is 0 Å². The minimum Gasteiger partial charge on any atom is -0.379 e. The molecule has 104 valence electrons. The predicted molar refractivity (Wildman–Crippen MR) is 67.0 cm³/mol. The van der Waals surface area contributed by atoms with Gasteiger partial charge in [0.15, 0.2) is 0 Å². The zero-order valence-electron chi connectivity index (χ0n) is 11.5. The van der Waals surface area contributed by atoms with Gasteiger partial charge in [0.05, 0.1) is 6.67 Å². The van der Waals surface area contributed by atoms with Gasteiger partial charge in [-0.15, -0.1) is 0 Å². The number of aliphatic hydroxyl groups excluding tert-OH is 2. The molecule has 0 spiro atoms. The van der Waals surface area contributed by atoms with E-state index in [9.17, 15) is 10.2 Å². The standard InChI is InChI=1S/C11H27N3O3/c1-9(15)12-6-7-14(11(3,4)17)8-13(5)10(2)16/h9-10,12,15-17H,6-8H2,1-5H3. The van der Waals surface area contributed by atoms with Crippen molar-refractivity contribution in [3.05, 3.63) is 0 Å². The van der Waals surface area contributed by atoms with E-state index in [1.807, 2.05) is 4.90 Å². The van der Waals surface area contributed by atoms with Crippen LogP contribution in [0, 0.1) is 0 Å². The molecule has 0 rings (SSSR count). The van der Waals surface area contributed by atoms with Gasteiger partial charge in [-0.05, 0) is 34.7 Å². The molecule has 0 aliphatic heterocycles. The zero-order valence-corrected chi connectivity index (χ0v) is 11.5. The van der Waals surface area contributed by atoms with Crippen molar-refractivity contribution in [2.24, 2.45) is 0 Å². The van der Waals surface area contributed by atoms with Crippen LogP contribution < -0.4 is 5.32 Å². The van der Waals surface area contributed by atoms with Crippen molar-refractivity contribution in [1.29, 1.82) is 0 Å². The number of rotatable bonds is 8. The molecule has 0 bridgehead atoms. The predicted octanol–water partition coefficient (Wildman–Crippen LogP) is -0.828. The lowest BCUT2D eigenvalue weighted by Crippen LogP contribution is -2.52. The number of nitrogens with zero attached hydrogens (tertiary/aromatic N) is 2. The molecule has 4 N–H and O–H groups in total. The molecule has 2 atom stereocenters. The molecular formula is C11H27N3O3. The highest BCUT2D eigenvalue weighted by molar-refractivity contribution is 4.70. The lowest BCUT2D eigenvalue weighted by Gasteiger charge is -2.37. The van der Waals surface area contributed by atoms with Gasteiger partial charge in [0.25, 0.3) is 0 Å². The largest absolute Gasteiger partial charge is 0.379 e. The molecule has 6 nitrogen and oxygen atoms in total. The smallest absolute Gasteiger partial charge is 0.113 e. The normalized spacial score (nSPS) is 16.6. The highest BCUT2D eigenvalue weighted by Crippen LogP contribution is 2.10. The Hall–Kier alpha value is -0.240. The Bertz CT molecular complexity index is 205. The summed E-state index contributed by atoms with van der Waals surface area (Å²) in [5.74, 6) is 0. The van der Waals surface area contributed by atoms with Gasteiger partial charge in [-0.2, -0.15) is 0 Å². The Kier molecular flexibility index (Phi) is 7.15. The first-order valence-electron chi connectivity index (χ1n) is 5.91. The summed E-state index contributed by atoms with van der Waals surface area (Å²) in [4.78, 5) is 3.54. The lowest BCUT2D eigenvalue weighted by atomic mass is 10.2. The molecule has 0 saturated heterocycles. The Morgan fingerprint density at radius 1 is 1.24 bits per heavy atom. The number of hydrogen-bond acceptors (Lipinski definition) is 6. The maximum atomic E-state index is 10.0. The van der Waals surface area contributed by atoms with Crippen LogP contribution in [0.2, 0.25) is 0 Å². The van der Waals surface area contributed by atoms with E-state index in [0.29, 0.717) is 19.8 Å². The first kappa shape index (κ1) is 16.8. The van der Waals surface area contributed by atoms with Crippen molar-refractivity contribution in [2.75, 3.05) is 26.8 Å². The van der Waals surface area contributed by atoms with Crippen molar-refractivity contribution < 1.29 is 15.3 Å². The molecular weight excluding hydrogens is 222 g/mol. The van der Waals surface area contributed by atoms with Crippen molar-refractivity contribution in [3.63, 3.8) is 0 Å². The molecule has 0 aliphatic rings. The Labute approximate surface area is 104 Å². The van der Waals surface area contributed by atoms with Crippen LogP contribution in [0.3, 0.4) is 0 Å². The Morgan fingerprint density at radius 3 is 2.12 bits per heavy atom. The molecule has 17 heavy (non-hydrogen) atoms. The molecule has 6 heteroatoms. The van der Waals surface area contributed by atoms with Crippen molar-refractivity contribution in [1.82, 2.24) is 15.1 Å². The molecule has 0 aliphatic carbocycles. The monoisotopic (exact) mass is 249 g/mol. The van der Waals surface area contributed by atoms with E-state index in [2.05, 4.69) is 5.32 Å². The van der Waals surface area contributed by atoms with Gasteiger partial charge in [0, 0.05) is 13.1 Å². The maximum Gasteiger partial charge on any atom is 0.113 e. The van der Waals surface area contributed by atoms with Crippen LogP contribution >= 0.6 is 0 Å². The first-order chi connectivity index (χ1) is 7.64. The SMILES string of the molecule is CC(O)NCCN(CN(C)C(C)O)C(C)(C)O. The highest BCUT2D eigenvalue weighted by Gasteiger charge is 2.24. The fourth-order valence-electron chi connectivity index (χ4n) is 1.31. The third-order valence-corrected chi connectivity index (χ3v) is 2.63. The second-order valence-electron chi connectivity index (χ2n) is 4.92. The number of aliphatic hydroxyl groups is 3. The summed E-state index contributed by atoms with van der Waals surface area (Å²) in [5, 5.41) is 31.4. The summed E-state index contributed by atoms with van der Waals surface area (Å²) in [7, 11) is 1.78. The van der Waals surface area contributed by atoms with E-state index in [0.717, 1.165) is 0 Å². The van der Waals surface area contributed by atoms with E-state index in [4.69, 9.17) is 5.11 Å². The summed E-state index contributed by atoms with van der Waals surface area (Å²) in [6.07, 6.45) is -1.13. The molecule has 0 heterocycles. The van der Waals surface area contributed by atoms with Crippen LogP contribution in [0.4, 0.5) is 0 Å². The average Bonchev–Trinajstić information content (AvgIpc) is 2.13. The second-order valence-corrected chi connectivity index (χ2v) is 4.92. The summed E-state index contributed by atoms with van der Waals surface area (Å²) in [5.41, 5.74) is -0.969. The second kappa shape index (κ2) is 7.25. The van der Waals surface area contributed by atoms with Crippen molar-refractivity contribution >= 4 is 0 Å².